The molecule has 2 aromatic carbocycles. The zero-order chi connectivity index (χ0) is 27.9. The molecule has 2 aromatic heterocycles. The van der Waals surface area contributed by atoms with E-state index >= 15 is 0 Å². The van der Waals surface area contributed by atoms with Gasteiger partial charge in [0.05, 0.1) is 24.0 Å². The second-order valence-electron chi connectivity index (χ2n) is 10.8. The Morgan fingerprint density at radius 2 is 1.60 bits per heavy atom. The summed E-state index contributed by atoms with van der Waals surface area (Å²) >= 11 is 0. The van der Waals surface area contributed by atoms with Gasteiger partial charge in [0.1, 0.15) is 17.5 Å². The Hall–Kier alpha value is -4.09. The maximum Gasteiger partial charge on any atom is 0.264 e. The van der Waals surface area contributed by atoms with Gasteiger partial charge in [-0.1, -0.05) is 0 Å². The number of likely N-dealkylation sites (tertiary alicyclic amines) is 1. The molecule has 40 heavy (non-hydrogen) atoms. The van der Waals surface area contributed by atoms with Gasteiger partial charge < -0.3 is 19.8 Å². The number of piperidine rings is 1. The predicted octanol–water partition coefficient (Wildman–Crippen LogP) is 2.14. The van der Waals surface area contributed by atoms with Gasteiger partial charge in [-0.2, -0.15) is 5.10 Å². The number of amides is 1. The van der Waals surface area contributed by atoms with E-state index in [0.717, 1.165) is 31.9 Å². The van der Waals surface area contributed by atoms with Crippen LogP contribution in [0.4, 0.5) is 10.1 Å². The highest BCUT2D eigenvalue weighted by Gasteiger charge is 2.35. The summed E-state index contributed by atoms with van der Waals surface area (Å²) in [7, 11) is 2.12. The molecule has 2 saturated heterocycles. The fourth-order valence-corrected chi connectivity index (χ4v) is 5.50. The van der Waals surface area contributed by atoms with Crippen LogP contribution in [0.2, 0.25) is 0 Å². The normalized spacial score (nSPS) is 17.9. The van der Waals surface area contributed by atoms with Gasteiger partial charge in [-0.25, -0.2) is 14.1 Å². The molecular weight excluding hydrogens is 513 g/mol. The average molecular weight is 546 g/mol. The number of carbonyl (C=O) groups excluding carboxylic acids is 1. The Bertz CT molecular complexity index is 1570. The molecule has 0 atom stereocenters. The molecule has 1 N–H and O–H groups in total. The van der Waals surface area contributed by atoms with E-state index in [2.05, 4.69) is 26.9 Å². The fraction of sp³-hybridized carbons (Fsp3) is 0.379. The molecule has 0 radical (unpaired) electrons. The Kier molecular flexibility index (Phi) is 6.85. The van der Waals surface area contributed by atoms with E-state index in [4.69, 9.17) is 0 Å². The summed E-state index contributed by atoms with van der Waals surface area (Å²) in [5.41, 5.74) is 1.24. The second kappa shape index (κ2) is 10.5. The summed E-state index contributed by atoms with van der Waals surface area (Å²) in [5.74, 6) is -0.420. The van der Waals surface area contributed by atoms with Gasteiger partial charge in [0.2, 0.25) is 0 Å². The van der Waals surface area contributed by atoms with E-state index in [-0.39, 0.29) is 23.8 Å². The first kappa shape index (κ1) is 26.1. The standard InChI is InChI=1S/C29H32FN7O3/c1-33-14-16-34(17-15-33)23-6-2-21(3-7-23)27(38)35-12-10-29(40,11-13-35)19-36-20-31-26-25(28(36)39)18-32-37(26)24-8-4-22(30)5-9-24/h2-9,18,20,40H,10-17,19H2,1H3. The number of nitrogens with zero attached hydrogens (tertiary/aromatic N) is 7. The highest BCUT2D eigenvalue weighted by Crippen LogP contribution is 2.26. The van der Waals surface area contributed by atoms with Gasteiger partial charge in [-0.3, -0.25) is 14.2 Å². The van der Waals surface area contributed by atoms with E-state index in [0.29, 0.717) is 48.2 Å². The number of piperazine rings is 1. The van der Waals surface area contributed by atoms with Crippen molar-refractivity contribution in [3.05, 3.63) is 82.8 Å². The molecule has 11 heteroatoms. The lowest BCUT2D eigenvalue weighted by Gasteiger charge is -2.38. The van der Waals surface area contributed by atoms with Crippen LogP contribution in [0, 0.1) is 5.82 Å². The minimum Gasteiger partial charge on any atom is -0.388 e. The zero-order valence-corrected chi connectivity index (χ0v) is 22.4. The molecule has 2 fully saturated rings. The van der Waals surface area contributed by atoms with Crippen LogP contribution >= 0.6 is 0 Å². The van der Waals surface area contributed by atoms with Crippen molar-refractivity contribution in [2.24, 2.45) is 0 Å². The van der Waals surface area contributed by atoms with Crippen molar-refractivity contribution < 1.29 is 14.3 Å². The summed E-state index contributed by atoms with van der Waals surface area (Å²) in [6.45, 7) is 4.83. The minimum absolute atomic E-state index is 0.0551. The molecule has 4 heterocycles. The third kappa shape index (κ3) is 5.09. The molecule has 10 nitrogen and oxygen atoms in total. The third-order valence-electron chi connectivity index (χ3n) is 8.05. The fourth-order valence-electron chi connectivity index (χ4n) is 5.50. The van der Waals surface area contributed by atoms with Crippen molar-refractivity contribution in [1.29, 1.82) is 0 Å². The Morgan fingerprint density at radius 3 is 2.27 bits per heavy atom. The zero-order valence-electron chi connectivity index (χ0n) is 22.4. The lowest BCUT2D eigenvalue weighted by molar-refractivity contribution is -0.0299. The topological polar surface area (TPSA) is 99.7 Å². The summed E-state index contributed by atoms with van der Waals surface area (Å²) in [4.78, 5) is 37.2. The number of halogens is 1. The molecule has 2 aliphatic rings. The first-order valence-electron chi connectivity index (χ1n) is 13.5. The Morgan fingerprint density at radius 1 is 0.950 bits per heavy atom. The van der Waals surface area contributed by atoms with Crippen LogP contribution in [0.25, 0.3) is 16.7 Å². The van der Waals surface area contributed by atoms with Gasteiger partial charge in [-0.15, -0.1) is 0 Å². The summed E-state index contributed by atoms with van der Waals surface area (Å²) in [6.07, 6.45) is 3.53. The van der Waals surface area contributed by atoms with Crippen LogP contribution in [0.1, 0.15) is 23.2 Å². The third-order valence-corrected chi connectivity index (χ3v) is 8.05. The van der Waals surface area contributed by atoms with Crippen molar-refractivity contribution in [3.63, 3.8) is 0 Å². The van der Waals surface area contributed by atoms with E-state index in [9.17, 15) is 19.1 Å². The first-order chi connectivity index (χ1) is 19.3. The van der Waals surface area contributed by atoms with Gasteiger partial charge in [0.15, 0.2) is 5.65 Å². The highest BCUT2D eigenvalue weighted by atomic mass is 19.1. The van der Waals surface area contributed by atoms with E-state index in [1.807, 2.05) is 24.3 Å². The number of benzene rings is 2. The number of carbonyl (C=O) groups is 1. The van der Waals surface area contributed by atoms with Crippen LogP contribution in [0.5, 0.6) is 0 Å². The van der Waals surface area contributed by atoms with Crippen molar-refractivity contribution in [3.8, 4) is 5.69 Å². The lowest BCUT2D eigenvalue weighted by atomic mass is 9.91. The second-order valence-corrected chi connectivity index (χ2v) is 10.8. The molecule has 0 bridgehead atoms. The van der Waals surface area contributed by atoms with Crippen LogP contribution in [0.15, 0.2) is 65.8 Å². The number of anilines is 1. The Labute approximate surface area is 230 Å². The summed E-state index contributed by atoms with van der Waals surface area (Å²) in [6, 6.07) is 13.5. The molecule has 1 amide bonds. The molecule has 0 spiro atoms. The van der Waals surface area contributed by atoms with Gasteiger partial charge in [-0.05, 0) is 68.4 Å². The van der Waals surface area contributed by atoms with Crippen LogP contribution in [-0.4, -0.2) is 92.1 Å². The number of fused-ring (bicyclic) bond motifs is 1. The molecular formula is C29H32FN7O3. The molecule has 208 valence electrons. The molecule has 4 aromatic rings. The van der Waals surface area contributed by atoms with E-state index < -0.39 is 5.60 Å². The van der Waals surface area contributed by atoms with Crippen molar-refractivity contribution in [2.45, 2.75) is 25.0 Å². The van der Waals surface area contributed by atoms with Crippen molar-refractivity contribution in [2.75, 3.05) is 51.2 Å². The number of aliphatic hydroxyl groups is 1. The van der Waals surface area contributed by atoms with Gasteiger partial charge in [0.25, 0.3) is 11.5 Å². The molecule has 6 rings (SSSR count). The maximum atomic E-state index is 13.3. The maximum absolute atomic E-state index is 13.3. The molecule has 2 aliphatic heterocycles. The molecule has 0 aliphatic carbocycles. The number of hydrogen-bond donors (Lipinski definition) is 1. The van der Waals surface area contributed by atoms with Crippen molar-refractivity contribution in [1.82, 2.24) is 29.1 Å². The predicted molar refractivity (Wildman–Crippen MR) is 149 cm³/mol. The largest absolute Gasteiger partial charge is 0.388 e. The number of likely N-dealkylation sites (N-methyl/N-ethyl adjacent to an activating group) is 1. The first-order valence-corrected chi connectivity index (χ1v) is 13.5. The number of hydrogen-bond acceptors (Lipinski definition) is 7. The van der Waals surface area contributed by atoms with Gasteiger partial charge >= 0.3 is 0 Å². The van der Waals surface area contributed by atoms with E-state index in [1.165, 1.54) is 33.9 Å². The average Bonchev–Trinajstić information content (AvgIpc) is 3.40. The SMILES string of the molecule is CN1CCN(c2ccc(C(=O)N3CCC(O)(Cn4cnc5c(cnn5-c5ccc(F)cc5)c4=O)CC3)cc2)CC1. The minimum atomic E-state index is -1.14. The molecule has 0 unspecified atom stereocenters. The summed E-state index contributed by atoms with van der Waals surface area (Å²) < 4.78 is 16.2. The van der Waals surface area contributed by atoms with Crippen LogP contribution in [0.3, 0.4) is 0 Å². The van der Waals surface area contributed by atoms with Crippen molar-refractivity contribution >= 4 is 22.6 Å². The number of rotatable bonds is 5. The van der Waals surface area contributed by atoms with Gasteiger partial charge in [0, 0.05) is 50.5 Å². The van der Waals surface area contributed by atoms with Crippen LogP contribution in [-0.2, 0) is 6.54 Å². The highest BCUT2D eigenvalue weighted by molar-refractivity contribution is 5.94. The lowest BCUT2D eigenvalue weighted by Crippen LogP contribution is -2.49. The smallest absolute Gasteiger partial charge is 0.264 e. The monoisotopic (exact) mass is 545 g/mol. The van der Waals surface area contributed by atoms with Crippen LogP contribution < -0.4 is 10.5 Å². The molecule has 0 saturated carbocycles. The summed E-state index contributed by atoms with van der Waals surface area (Å²) in [5, 5.41) is 15.9. The Balaban J connectivity index is 1.10. The quantitative estimate of drug-likeness (QED) is 0.410. The van der Waals surface area contributed by atoms with E-state index in [1.54, 1.807) is 17.0 Å². The number of aromatic nitrogens is 4.